The van der Waals surface area contributed by atoms with Gasteiger partial charge in [0.25, 0.3) is 0 Å². The van der Waals surface area contributed by atoms with Gasteiger partial charge >= 0.3 is 0 Å². The van der Waals surface area contributed by atoms with Crippen LogP contribution < -0.4 is 5.32 Å². The summed E-state index contributed by atoms with van der Waals surface area (Å²) in [5.41, 5.74) is 1.25. The molecule has 0 aromatic heterocycles. The molecule has 0 aliphatic carbocycles. The lowest BCUT2D eigenvalue weighted by molar-refractivity contribution is 0.0736. The van der Waals surface area contributed by atoms with Crippen LogP contribution in [0.2, 0.25) is 5.02 Å². The first-order valence-electron chi connectivity index (χ1n) is 7.78. The molecule has 1 aromatic carbocycles. The van der Waals surface area contributed by atoms with Gasteiger partial charge in [-0.05, 0) is 30.9 Å². The monoisotopic (exact) mass is 294 g/mol. The molecule has 0 spiro atoms. The Balaban J connectivity index is 2.20. The molecule has 1 fully saturated rings. The minimum Gasteiger partial charge on any atom is -0.311 e. The number of rotatable bonds is 4. The Morgan fingerprint density at radius 3 is 2.60 bits per heavy atom. The molecule has 112 valence electrons. The number of benzene rings is 1. The maximum atomic E-state index is 6.39. The Bertz CT molecular complexity index is 433. The molecule has 1 heterocycles. The van der Waals surface area contributed by atoms with Gasteiger partial charge in [0, 0.05) is 36.2 Å². The van der Waals surface area contributed by atoms with Crippen molar-refractivity contribution in [2.75, 3.05) is 13.1 Å². The van der Waals surface area contributed by atoms with Gasteiger partial charge in [0.2, 0.25) is 0 Å². The van der Waals surface area contributed by atoms with Crippen LogP contribution in [-0.2, 0) is 0 Å². The van der Waals surface area contributed by atoms with Gasteiger partial charge in [-0.25, -0.2) is 0 Å². The lowest BCUT2D eigenvalue weighted by Gasteiger charge is -2.45. The number of hydrogen-bond acceptors (Lipinski definition) is 2. The molecule has 20 heavy (non-hydrogen) atoms. The smallest absolute Gasteiger partial charge is 0.0453 e. The summed E-state index contributed by atoms with van der Waals surface area (Å²) >= 11 is 6.39. The van der Waals surface area contributed by atoms with Gasteiger partial charge in [0.05, 0.1) is 0 Å². The summed E-state index contributed by atoms with van der Waals surface area (Å²) in [5, 5.41) is 4.58. The molecule has 0 radical (unpaired) electrons. The molecule has 3 unspecified atom stereocenters. The van der Waals surface area contributed by atoms with Gasteiger partial charge in [-0.1, -0.05) is 50.6 Å². The van der Waals surface area contributed by atoms with Crippen LogP contribution in [0.25, 0.3) is 0 Å². The van der Waals surface area contributed by atoms with Gasteiger partial charge in [0.1, 0.15) is 0 Å². The predicted molar refractivity (Wildman–Crippen MR) is 87.3 cm³/mol. The molecule has 1 saturated heterocycles. The summed E-state index contributed by atoms with van der Waals surface area (Å²) < 4.78 is 0. The molecule has 2 rings (SSSR count). The van der Waals surface area contributed by atoms with Crippen LogP contribution in [0.1, 0.15) is 45.7 Å². The molecule has 0 amide bonds. The highest BCUT2D eigenvalue weighted by atomic mass is 35.5. The van der Waals surface area contributed by atoms with E-state index in [0.717, 1.165) is 18.1 Å². The van der Waals surface area contributed by atoms with Crippen LogP contribution in [0.5, 0.6) is 0 Å². The second-order valence-electron chi connectivity index (χ2n) is 6.22. The Labute approximate surface area is 128 Å². The van der Waals surface area contributed by atoms with E-state index >= 15 is 0 Å². The van der Waals surface area contributed by atoms with Crippen LogP contribution in [0.3, 0.4) is 0 Å². The normalized spacial score (nSPS) is 25.9. The third-order valence-corrected chi connectivity index (χ3v) is 4.97. The van der Waals surface area contributed by atoms with E-state index < -0.39 is 0 Å². The Kier molecular flexibility index (Phi) is 5.48. The highest BCUT2D eigenvalue weighted by Crippen LogP contribution is 2.31. The van der Waals surface area contributed by atoms with Gasteiger partial charge in [-0.15, -0.1) is 0 Å². The molecular formula is C17H27ClN2. The largest absolute Gasteiger partial charge is 0.311 e. The zero-order valence-corrected chi connectivity index (χ0v) is 13.8. The molecule has 1 aliphatic heterocycles. The summed E-state index contributed by atoms with van der Waals surface area (Å²) in [7, 11) is 0. The van der Waals surface area contributed by atoms with E-state index in [4.69, 9.17) is 11.6 Å². The molecule has 2 nitrogen and oxygen atoms in total. The Morgan fingerprint density at radius 2 is 2.00 bits per heavy atom. The van der Waals surface area contributed by atoms with E-state index in [2.05, 4.69) is 50.0 Å². The van der Waals surface area contributed by atoms with Gasteiger partial charge in [-0.2, -0.15) is 0 Å². The lowest BCUT2D eigenvalue weighted by atomic mass is 9.95. The van der Waals surface area contributed by atoms with E-state index in [0.29, 0.717) is 24.0 Å². The zero-order valence-electron chi connectivity index (χ0n) is 13.1. The zero-order chi connectivity index (χ0) is 14.7. The first-order valence-corrected chi connectivity index (χ1v) is 8.16. The molecule has 0 saturated carbocycles. The first kappa shape index (κ1) is 15.8. The minimum atomic E-state index is 0.372. The summed E-state index contributed by atoms with van der Waals surface area (Å²) in [6.45, 7) is 11.3. The third kappa shape index (κ3) is 3.36. The fraction of sp³-hybridized carbons (Fsp3) is 0.647. The predicted octanol–water partition coefficient (Wildman–Crippen LogP) is 4.11. The first-order chi connectivity index (χ1) is 9.54. The van der Waals surface area contributed by atoms with Crippen molar-refractivity contribution in [2.24, 2.45) is 5.92 Å². The molecule has 1 aliphatic rings. The van der Waals surface area contributed by atoms with Gasteiger partial charge in [0.15, 0.2) is 0 Å². The maximum absolute atomic E-state index is 6.39. The van der Waals surface area contributed by atoms with Crippen molar-refractivity contribution in [1.29, 1.82) is 0 Å². The molecule has 3 heteroatoms. The maximum Gasteiger partial charge on any atom is 0.0453 e. The third-order valence-electron chi connectivity index (χ3n) is 4.62. The fourth-order valence-corrected chi connectivity index (χ4v) is 3.43. The average molecular weight is 295 g/mol. The van der Waals surface area contributed by atoms with Crippen LogP contribution in [-0.4, -0.2) is 30.1 Å². The van der Waals surface area contributed by atoms with Gasteiger partial charge < -0.3 is 5.32 Å². The number of halogens is 1. The summed E-state index contributed by atoms with van der Waals surface area (Å²) in [4.78, 5) is 2.63. The Morgan fingerprint density at radius 1 is 1.30 bits per heavy atom. The SMILES string of the molecule is CCC1CNC(C(C)C)CN1C(C)c1ccccc1Cl. The fourth-order valence-electron chi connectivity index (χ4n) is 3.14. The van der Waals surface area contributed by atoms with Crippen LogP contribution in [0.15, 0.2) is 24.3 Å². The van der Waals surface area contributed by atoms with E-state index in [1.54, 1.807) is 0 Å². The standard InChI is InChI=1S/C17H27ClN2/c1-5-14-10-19-17(12(2)3)11-20(14)13(4)15-8-6-7-9-16(15)18/h6-9,12-14,17,19H,5,10-11H2,1-4H3. The van der Waals surface area contributed by atoms with Crippen molar-refractivity contribution in [3.8, 4) is 0 Å². The number of nitrogens with one attached hydrogen (secondary N) is 1. The van der Waals surface area contributed by atoms with Crippen LogP contribution in [0.4, 0.5) is 0 Å². The highest BCUT2D eigenvalue weighted by Gasteiger charge is 2.32. The van der Waals surface area contributed by atoms with Crippen molar-refractivity contribution in [2.45, 2.75) is 52.2 Å². The van der Waals surface area contributed by atoms with Crippen molar-refractivity contribution in [3.63, 3.8) is 0 Å². The van der Waals surface area contributed by atoms with E-state index in [-0.39, 0.29) is 0 Å². The summed E-state index contributed by atoms with van der Waals surface area (Å²) in [5.74, 6) is 0.661. The van der Waals surface area contributed by atoms with Crippen molar-refractivity contribution in [1.82, 2.24) is 10.2 Å². The second-order valence-corrected chi connectivity index (χ2v) is 6.62. The topological polar surface area (TPSA) is 15.3 Å². The molecule has 1 N–H and O–H groups in total. The lowest BCUT2D eigenvalue weighted by Crippen LogP contribution is -2.58. The highest BCUT2D eigenvalue weighted by molar-refractivity contribution is 6.31. The quantitative estimate of drug-likeness (QED) is 0.899. The van der Waals surface area contributed by atoms with E-state index in [1.165, 1.54) is 12.0 Å². The van der Waals surface area contributed by atoms with E-state index in [9.17, 15) is 0 Å². The molecule has 3 atom stereocenters. The number of hydrogen-bond donors (Lipinski definition) is 1. The van der Waals surface area contributed by atoms with Crippen LogP contribution in [0, 0.1) is 5.92 Å². The Hall–Kier alpha value is -0.570. The van der Waals surface area contributed by atoms with E-state index in [1.807, 2.05) is 12.1 Å². The van der Waals surface area contributed by atoms with Crippen molar-refractivity contribution in [3.05, 3.63) is 34.9 Å². The van der Waals surface area contributed by atoms with Crippen LogP contribution >= 0.6 is 11.6 Å². The van der Waals surface area contributed by atoms with Gasteiger partial charge in [-0.3, -0.25) is 4.90 Å². The van der Waals surface area contributed by atoms with Crippen molar-refractivity contribution < 1.29 is 0 Å². The summed E-state index contributed by atoms with van der Waals surface area (Å²) in [6.07, 6.45) is 1.17. The number of piperazine rings is 1. The number of nitrogens with zero attached hydrogens (tertiary/aromatic N) is 1. The minimum absolute atomic E-state index is 0.372. The molecule has 0 bridgehead atoms. The molecule has 1 aromatic rings. The average Bonchev–Trinajstić information content (AvgIpc) is 2.46. The van der Waals surface area contributed by atoms with Crippen molar-refractivity contribution >= 4 is 11.6 Å². The second kappa shape index (κ2) is 6.93. The molecular weight excluding hydrogens is 268 g/mol. The summed E-state index contributed by atoms with van der Waals surface area (Å²) in [6, 6.07) is 9.78.